The molecule has 0 N–H and O–H groups in total. The fourth-order valence-corrected chi connectivity index (χ4v) is 0.521. The van der Waals surface area contributed by atoms with E-state index in [9.17, 15) is 8.78 Å². The number of nitrogens with zero attached hydrogens (tertiary/aromatic N) is 1. The van der Waals surface area contributed by atoms with Gasteiger partial charge in [0.2, 0.25) is 0 Å². The molecule has 1 aliphatic rings. The third-order valence-corrected chi connectivity index (χ3v) is 1.03. The molecule has 0 aliphatic carbocycles. The molecule has 55 valence electrons. The van der Waals surface area contributed by atoms with Crippen molar-refractivity contribution in [3.63, 3.8) is 0 Å². The first-order valence-electron chi connectivity index (χ1n) is 2.65. The van der Waals surface area contributed by atoms with Crippen LogP contribution < -0.4 is 0 Å². The van der Waals surface area contributed by atoms with Crippen LogP contribution in [0.15, 0.2) is 18.5 Å². The van der Waals surface area contributed by atoms with Gasteiger partial charge in [-0.2, -0.15) is 8.78 Å². The lowest BCUT2D eigenvalue weighted by molar-refractivity contribution is -0.0536. The van der Waals surface area contributed by atoms with E-state index in [0.29, 0.717) is 6.08 Å². The van der Waals surface area contributed by atoms with Gasteiger partial charge >= 0.3 is 0 Å². The van der Waals surface area contributed by atoms with Gasteiger partial charge in [0.15, 0.2) is 0 Å². The Kier molecular flexibility index (Phi) is 1.72. The molecule has 0 spiro atoms. The van der Waals surface area contributed by atoms with Crippen molar-refractivity contribution in [3.8, 4) is 0 Å². The number of hydrogen-bond donors (Lipinski definition) is 0. The van der Waals surface area contributed by atoms with Crippen molar-refractivity contribution in [1.29, 1.82) is 0 Å². The van der Waals surface area contributed by atoms with Crippen molar-refractivity contribution in [2.75, 3.05) is 7.11 Å². The minimum atomic E-state index is -2.95. The van der Waals surface area contributed by atoms with Gasteiger partial charge < -0.3 is 0 Å². The summed E-state index contributed by atoms with van der Waals surface area (Å²) < 4.78 is 24.4. The molecule has 1 aliphatic heterocycles. The maximum absolute atomic E-state index is 12.2. The van der Waals surface area contributed by atoms with E-state index in [4.69, 9.17) is 0 Å². The number of hydrogen-bond acceptors (Lipinski definition) is 2. The number of hydroxylamine groups is 2. The largest absolute Gasteiger partial charge is 0.295 e. The maximum Gasteiger partial charge on any atom is 0.295 e. The Balaban J connectivity index is 2.62. The van der Waals surface area contributed by atoms with E-state index >= 15 is 0 Å². The highest BCUT2D eigenvalue weighted by Crippen LogP contribution is 2.20. The quantitative estimate of drug-likeness (QED) is 0.553. The smallest absolute Gasteiger partial charge is 0.273 e. The molecule has 10 heavy (non-hydrogen) atoms. The molecule has 0 aromatic heterocycles. The van der Waals surface area contributed by atoms with Crippen LogP contribution >= 0.6 is 0 Å². The molecule has 0 atom stereocenters. The average molecular weight is 146 g/mol. The summed E-state index contributed by atoms with van der Waals surface area (Å²) >= 11 is 0. The lowest BCUT2D eigenvalue weighted by Crippen LogP contribution is -2.19. The van der Waals surface area contributed by atoms with Crippen LogP contribution in [-0.2, 0) is 4.84 Å². The third kappa shape index (κ3) is 1.54. The second-order valence-corrected chi connectivity index (χ2v) is 1.75. The Bertz CT molecular complexity index is 161. The van der Waals surface area contributed by atoms with Crippen molar-refractivity contribution < 1.29 is 13.6 Å². The number of rotatable bonds is 1. The van der Waals surface area contributed by atoms with Gasteiger partial charge in [0.05, 0.1) is 13.2 Å². The van der Waals surface area contributed by atoms with Crippen LogP contribution in [0.4, 0.5) is 8.78 Å². The summed E-state index contributed by atoms with van der Waals surface area (Å²) in [7, 11) is 1.38. The molecule has 0 aromatic carbocycles. The van der Waals surface area contributed by atoms with Gasteiger partial charge in [-0.1, -0.05) is 0 Å². The van der Waals surface area contributed by atoms with Crippen molar-refractivity contribution in [3.05, 3.63) is 24.6 Å². The van der Waals surface area contributed by atoms with Crippen LogP contribution in [0.1, 0.15) is 0 Å². The number of halogens is 2. The van der Waals surface area contributed by atoms with Crippen molar-refractivity contribution in [2.45, 2.75) is 5.92 Å². The van der Waals surface area contributed by atoms with Crippen molar-refractivity contribution in [2.24, 2.45) is 0 Å². The Morgan fingerprint density at radius 1 is 1.60 bits per heavy atom. The molecule has 0 fully saturated rings. The van der Waals surface area contributed by atoms with Crippen LogP contribution in [0.25, 0.3) is 0 Å². The first kappa shape index (κ1) is 7.21. The fraction of sp³-hybridized carbons (Fsp3) is 0.333. The Morgan fingerprint density at radius 2 is 2.30 bits per heavy atom. The zero-order valence-corrected chi connectivity index (χ0v) is 5.34. The molecule has 0 amide bonds. The molecule has 0 unspecified atom stereocenters. The van der Waals surface area contributed by atoms with Gasteiger partial charge in [-0.05, 0) is 0 Å². The highest BCUT2D eigenvalue weighted by Gasteiger charge is 2.24. The van der Waals surface area contributed by atoms with Gasteiger partial charge in [-0.15, -0.1) is 0 Å². The Labute approximate surface area is 57.3 Å². The van der Waals surface area contributed by atoms with Gasteiger partial charge in [0.1, 0.15) is 0 Å². The minimum Gasteiger partial charge on any atom is -0.273 e. The molecule has 1 rings (SSSR count). The summed E-state index contributed by atoms with van der Waals surface area (Å²) in [6.45, 7) is 0. The maximum atomic E-state index is 12.2. The molecule has 1 radical (unpaired) electrons. The van der Waals surface area contributed by atoms with Gasteiger partial charge in [-0.25, -0.2) is 5.06 Å². The van der Waals surface area contributed by atoms with Crippen molar-refractivity contribution in [1.82, 2.24) is 5.06 Å². The highest BCUT2D eigenvalue weighted by atomic mass is 19.3. The molecule has 0 saturated carbocycles. The lowest BCUT2D eigenvalue weighted by Gasteiger charge is -2.17. The lowest BCUT2D eigenvalue weighted by atomic mass is 10.3. The van der Waals surface area contributed by atoms with E-state index in [-0.39, 0.29) is 0 Å². The molecule has 0 saturated heterocycles. The van der Waals surface area contributed by atoms with E-state index < -0.39 is 5.92 Å². The van der Waals surface area contributed by atoms with E-state index in [1.165, 1.54) is 7.11 Å². The molecule has 1 heterocycles. The highest BCUT2D eigenvalue weighted by molar-refractivity contribution is 5.07. The summed E-state index contributed by atoms with van der Waals surface area (Å²) in [6.07, 6.45) is 4.70. The topological polar surface area (TPSA) is 12.5 Å². The van der Waals surface area contributed by atoms with Crippen LogP contribution in [0, 0.1) is 6.08 Å². The second kappa shape index (κ2) is 2.38. The Morgan fingerprint density at radius 3 is 2.70 bits per heavy atom. The molecule has 0 aromatic rings. The minimum absolute atomic E-state index is 0.705. The number of alkyl halides is 2. The van der Waals surface area contributed by atoms with Gasteiger partial charge in [0, 0.05) is 18.5 Å². The number of allylic oxidation sites excluding steroid dienone is 2. The standard InChI is InChI=1S/C6H6F2NO/c1-10-9-4-2-6(7,8)3-5-9/h2,4-5H,1H3. The zero-order valence-electron chi connectivity index (χ0n) is 5.34. The summed E-state index contributed by atoms with van der Waals surface area (Å²) in [5, 5.41) is 1.14. The summed E-state index contributed by atoms with van der Waals surface area (Å²) in [5.74, 6) is -2.95. The molecule has 4 heteroatoms. The normalized spacial score (nSPS) is 21.7. The van der Waals surface area contributed by atoms with E-state index in [2.05, 4.69) is 4.84 Å². The summed E-state index contributed by atoms with van der Waals surface area (Å²) in [4.78, 5) is 4.58. The van der Waals surface area contributed by atoms with Crippen LogP contribution in [-0.4, -0.2) is 18.1 Å². The first-order chi connectivity index (χ1) is 4.64. The second-order valence-electron chi connectivity index (χ2n) is 1.75. The third-order valence-electron chi connectivity index (χ3n) is 1.03. The summed E-state index contributed by atoms with van der Waals surface area (Å²) in [5.41, 5.74) is 0. The van der Waals surface area contributed by atoms with Crippen LogP contribution in [0.3, 0.4) is 0 Å². The summed E-state index contributed by atoms with van der Waals surface area (Å²) in [6, 6.07) is 0. The average Bonchev–Trinajstić information content (AvgIpc) is 1.88. The van der Waals surface area contributed by atoms with Crippen LogP contribution in [0.2, 0.25) is 0 Å². The van der Waals surface area contributed by atoms with Gasteiger partial charge in [-0.3, -0.25) is 4.84 Å². The fourth-order valence-electron chi connectivity index (χ4n) is 0.521. The molecular formula is C6H6F2NO. The van der Waals surface area contributed by atoms with Crippen LogP contribution in [0.5, 0.6) is 0 Å². The van der Waals surface area contributed by atoms with E-state index in [0.717, 1.165) is 17.5 Å². The van der Waals surface area contributed by atoms with Crippen molar-refractivity contribution >= 4 is 0 Å². The molecular weight excluding hydrogens is 140 g/mol. The SMILES string of the molecule is CON1C=[C]C(F)(F)C=C1. The first-order valence-corrected chi connectivity index (χ1v) is 2.65. The van der Waals surface area contributed by atoms with E-state index in [1.54, 1.807) is 0 Å². The molecule has 2 nitrogen and oxygen atoms in total. The predicted molar refractivity (Wildman–Crippen MR) is 30.7 cm³/mol. The van der Waals surface area contributed by atoms with E-state index in [1.807, 2.05) is 6.08 Å². The Hall–Kier alpha value is -0.900. The zero-order chi connectivity index (χ0) is 7.61. The van der Waals surface area contributed by atoms with Gasteiger partial charge in [0.25, 0.3) is 5.92 Å². The molecule has 0 bridgehead atoms. The predicted octanol–water partition coefficient (Wildman–Crippen LogP) is 1.33. The monoisotopic (exact) mass is 146 g/mol.